The van der Waals surface area contributed by atoms with Gasteiger partial charge in [0, 0.05) is 5.54 Å². The minimum atomic E-state index is -0.502. The lowest BCUT2D eigenvalue weighted by Crippen LogP contribution is -2.44. The molecule has 0 bridgehead atoms. The van der Waals surface area contributed by atoms with Gasteiger partial charge in [-0.1, -0.05) is 58.9 Å². The Morgan fingerprint density at radius 2 is 1.93 bits per heavy atom. The molecule has 0 radical (unpaired) electrons. The first-order chi connectivity index (χ1) is 13.3. The van der Waals surface area contributed by atoms with E-state index in [9.17, 15) is 10.2 Å². The molecule has 1 aliphatic rings. The van der Waals surface area contributed by atoms with Crippen molar-refractivity contribution in [2.75, 3.05) is 13.2 Å². The van der Waals surface area contributed by atoms with Crippen LogP contribution in [0, 0.1) is 17.8 Å². The van der Waals surface area contributed by atoms with Gasteiger partial charge < -0.3 is 20.7 Å². The first-order valence-electron chi connectivity index (χ1n) is 11.2. The number of nitrogens with two attached hydrogens (primary N) is 1. The highest BCUT2D eigenvalue weighted by Crippen LogP contribution is 2.37. The van der Waals surface area contributed by atoms with Gasteiger partial charge in [-0.25, -0.2) is 0 Å². The van der Waals surface area contributed by atoms with Crippen LogP contribution < -0.4 is 10.5 Å². The van der Waals surface area contributed by atoms with Crippen LogP contribution in [0.4, 0.5) is 0 Å². The number of aryl methyl sites for hydroxylation is 1. The molecule has 28 heavy (non-hydrogen) atoms. The Kier molecular flexibility index (Phi) is 9.10. The molecule has 4 nitrogen and oxygen atoms in total. The van der Waals surface area contributed by atoms with Crippen molar-refractivity contribution >= 4 is 0 Å². The summed E-state index contributed by atoms with van der Waals surface area (Å²) < 4.78 is 5.80. The molecule has 4 N–H and O–H groups in total. The number of phenols is 1. The molecule has 4 heteroatoms. The molecule has 1 fully saturated rings. The van der Waals surface area contributed by atoms with Crippen molar-refractivity contribution < 1.29 is 14.9 Å². The van der Waals surface area contributed by atoms with E-state index in [1.807, 2.05) is 12.1 Å². The third-order valence-electron chi connectivity index (χ3n) is 5.99. The number of phenolic OH excluding ortho intramolecular Hbond substituents is 1. The van der Waals surface area contributed by atoms with Crippen LogP contribution in [0.3, 0.4) is 0 Å². The summed E-state index contributed by atoms with van der Waals surface area (Å²) in [6.45, 7) is 7.46. The fourth-order valence-corrected chi connectivity index (χ4v) is 3.77. The van der Waals surface area contributed by atoms with E-state index in [-0.39, 0.29) is 12.4 Å². The summed E-state index contributed by atoms with van der Waals surface area (Å²) in [5.74, 6) is 2.85. The van der Waals surface area contributed by atoms with E-state index in [4.69, 9.17) is 10.5 Å². The molecule has 0 aliphatic heterocycles. The number of hydrogen-bond donors (Lipinski definition) is 3. The molecule has 1 saturated carbocycles. The minimum Gasteiger partial charge on any atom is -0.504 e. The minimum absolute atomic E-state index is 0.0199. The van der Waals surface area contributed by atoms with Crippen LogP contribution in [0.2, 0.25) is 0 Å². The molecular formula is C24H41NO3. The van der Waals surface area contributed by atoms with E-state index in [0.717, 1.165) is 37.2 Å². The van der Waals surface area contributed by atoms with Gasteiger partial charge in [0.15, 0.2) is 11.5 Å². The lowest BCUT2D eigenvalue weighted by Gasteiger charge is -2.27. The molecule has 0 saturated heterocycles. The number of ether oxygens (including phenoxy) is 1. The molecule has 2 rings (SSSR count). The summed E-state index contributed by atoms with van der Waals surface area (Å²) in [5, 5.41) is 20.0. The Morgan fingerprint density at radius 1 is 1.18 bits per heavy atom. The topological polar surface area (TPSA) is 75.7 Å². The standard InChI is InChI=1S/C24H41NO3/c1-18(2)5-4-6-19(3)12-14-28-23-10-9-20(15-22(23)27)11-13-24(25,17-26)16-21-7-8-21/h9-10,15,18-19,21,26-27H,4-8,11-14,16-17,25H2,1-3H3. The predicted octanol–water partition coefficient (Wildman–Crippen LogP) is 5.05. The number of aromatic hydroxyl groups is 1. The van der Waals surface area contributed by atoms with Crippen molar-refractivity contribution in [3.8, 4) is 11.5 Å². The highest BCUT2D eigenvalue weighted by atomic mass is 16.5. The van der Waals surface area contributed by atoms with Crippen LogP contribution in [0.5, 0.6) is 11.5 Å². The SMILES string of the molecule is CC(C)CCCC(C)CCOc1ccc(CCC(N)(CO)CC2CC2)cc1O. The van der Waals surface area contributed by atoms with Crippen LogP contribution >= 0.6 is 0 Å². The van der Waals surface area contributed by atoms with E-state index in [2.05, 4.69) is 20.8 Å². The molecule has 160 valence electrons. The maximum Gasteiger partial charge on any atom is 0.160 e. The third kappa shape index (κ3) is 8.40. The normalized spacial score (nSPS) is 17.5. The Morgan fingerprint density at radius 3 is 2.54 bits per heavy atom. The molecule has 1 aromatic rings. The van der Waals surface area contributed by atoms with Crippen LogP contribution in [0.15, 0.2) is 18.2 Å². The summed E-state index contributed by atoms with van der Waals surface area (Å²) in [4.78, 5) is 0. The number of hydrogen-bond acceptors (Lipinski definition) is 4. The van der Waals surface area contributed by atoms with Crippen molar-refractivity contribution in [3.63, 3.8) is 0 Å². The van der Waals surface area contributed by atoms with Gasteiger partial charge in [-0.15, -0.1) is 0 Å². The molecule has 1 aromatic carbocycles. The summed E-state index contributed by atoms with van der Waals surface area (Å²) in [6, 6.07) is 5.62. The number of rotatable bonds is 14. The zero-order valence-electron chi connectivity index (χ0n) is 18.1. The fourth-order valence-electron chi connectivity index (χ4n) is 3.77. The Balaban J connectivity index is 1.73. The summed E-state index contributed by atoms with van der Waals surface area (Å²) in [5.41, 5.74) is 6.89. The second-order valence-corrected chi connectivity index (χ2v) is 9.54. The summed E-state index contributed by atoms with van der Waals surface area (Å²) in [7, 11) is 0. The summed E-state index contributed by atoms with van der Waals surface area (Å²) >= 11 is 0. The van der Waals surface area contributed by atoms with E-state index >= 15 is 0 Å². The fraction of sp³-hybridized carbons (Fsp3) is 0.750. The van der Waals surface area contributed by atoms with Gasteiger partial charge in [0.25, 0.3) is 0 Å². The first kappa shape index (κ1) is 23.0. The van der Waals surface area contributed by atoms with Crippen molar-refractivity contribution in [1.82, 2.24) is 0 Å². The van der Waals surface area contributed by atoms with E-state index in [1.165, 1.54) is 32.1 Å². The van der Waals surface area contributed by atoms with E-state index in [1.54, 1.807) is 6.07 Å². The quantitative estimate of drug-likeness (QED) is 0.415. The van der Waals surface area contributed by atoms with Gasteiger partial charge in [-0.05, 0) is 61.1 Å². The lowest BCUT2D eigenvalue weighted by molar-refractivity contribution is 0.172. The molecular weight excluding hydrogens is 350 g/mol. The maximum atomic E-state index is 10.3. The molecule has 0 aromatic heterocycles. The van der Waals surface area contributed by atoms with E-state index in [0.29, 0.717) is 24.2 Å². The second kappa shape index (κ2) is 11.1. The number of benzene rings is 1. The first-order valence-corrected chi connectivity index (χ1v) is 11.2. The van der Waals surface area contributed by atoms with Gasteiger partial charge in [0.2, 0.25) is 0 Å². The number of aliphatic hydroxyl groups is 1. The zero-order chi connectivity index (χ0) is 20.6. The monoisotopic (exact) mass is 391 g/mol. The Bertz CT molecular complexity index is 585. The van der Waals surface area contributed by atoms with Gasteiger partial charge in [0.1, 0.15) is 0 Å². The molecule has 0 amide bonds. The molecule has 0 heterocycles. The van der Waals surface area contributed by atoms with Crippen LogP contribution in [-0.4, -0.2) is 29.0 Å². The summed E-state index contributed by atoms with van der Waals surface area (Å²) in [6.07, 6.45) is 9.66. The van der Waals surface area contributed by atoms with Crippen LogP contribution in [0.1, 0.15) is 77.7 Å². The average Bonchev–Trinajstić information content (AvgIpc) is 3.45. The second-order valence-electron chi connectivity index (χ2n) is 9.54. The molecule has 1 aliphatic carbocycles. The van der Waals surface area contributed by atoms with Gasteiger partial charge in [0.05, 0.1) is 13.2 Å². The van der Waals surface area contributed by atoms with Crippen molar-refractivity contribution in [2.24, 2.45) is 23.5 Å². The zero-order valence-corrected chi connectivity index (χ0v) is 18.1. The highest BCUT2D eigenvalue weighted by molar-refractivity contribution is 5.41. The smallest absolute Gasteiger partial charge is 0.160 e. The van der Waals surface area contributed by atoms with Gasteiger partial charge in [-0.2, -0.15) is 0 Å². The van der Waals surface area contributed by atoms with Gasteiger partial charge >= 0.3 is 0 Å². The highest BCUT2D eigenvalue weighted by Gasteiger charge is 2.33. The maximum absolute atomic E-state index is 10.3. The number of aliphatic hydroxyl groups excluding tert-OH is 1. The predicted molar refractivity (Wildman–Crippen MR) is 116 cm³/mol. The Labute approximate surface area is 171 Å². The van der Waals surface area contributed by atoms with Gasteiger partial charge in [-0.3, -0.25) is 0 Å². The van der Waals surface area contributed by atoms with Crippen LogP contribution in [0.25, 0.3) is 0 Å². The van der Waals surface area contributed by atoms with E-state index < -0.39 is 5.54 Å². The third-order valence-corrected chi connectivity index (χ3v) is 5.99. The van der Waals surface area contributed by atoms with Crippen molar-refractivity contribution in [1.29, 1.82) is 0 Å². The molecule has 2 unspecified atom stereocenters. The van der Waals surface area contributed by atoms with Crippen LogP contribution in [-0.2, 0) is 6.42 Å². The molecule has 2 atom stereocenters. The lowest BCUT2D eigenvalue weighted by atomic mass is 9.88. The largest absolute Gasteiger partial charge is 0.504 e. The average molecular weight is 392 g/mol. The molecule has 0 spiro atoms. The Hall–Kier alpha value is -1.26. The van der Waals surface area contributed by atoms with Crippen molar-refractivity contribution in [2.45, 2.75) is 84.1 Å². The van der Waals surface area contributed by atoms with Crippen molar-refractivity contribution in [3.05, 3.63) is 23.8 Å².